The van der Waals surface area contributed by atoms with Gasteiger partial charge in [0.05, 0.1) is 16.0 Å². The van der Waals surface area contributed by atoms with Gasteiger partial charge in [-0.2, -0.15) is 5.10 Å². The highest BCUT2D eigenvalue weighted by Crippen LogP contribution is 2.17. The van der Waals surface area contributed by atoms with Gasteiger partial charge in [0.2, 0.25) is 0 Å². The van der Waals surface area contributed by atoms with Crippen LogP contribution in [0.25, 0.3) is 11.0 Å². The summed E-state index contributed by atoms with van der Waals surface area (Å²) in [6.07, 6.45) is 0. The third-order valence-corrected chi connectivity index (χ3v) is 3.88. The average Bonchev–Trinajstić information content (AvgIpc) is 3.03. The molecule has 132 valence electrons. The number of nitrogens with zero attached hydrogens (tertiary/aromatic N) is 3. The van der Waals surface area contributed by atoms with Crippen LogP contribution in [0.1, 0.15) is 12.7 Å². The Bertz CT molecular complexity index is 1020. The van der Waals surface area contributed by atoms with Crippen LogP contribution in [-0.4, -0.2) is 25.7 Å². The molecular weight excluding hydrogens is 376 g/mol. The van der Waals surface area contributed by atoms with Crippen LogP contribution in [-0.2, 0) is 0 Å². The summed E-state index contributed by atoms with van der Waals surface area (Å²) in [4.78, 5) is 17.7. The van der Waals surface area contributed by atoms with Crippen molar-refractivity contribution in [3.05, 3.63) is 63.4 Å². The van der Waals surface area contributed by atoms with Crippen molar-refractivity contribution in [2.45, 2.75) is 6.92 Å². The Kier molecular flexibility index (Phi) is 5.10. The number of nitrogens with one attached hydrogen (secondary N) is 3. The molecule has 0 unspecified atom stereocenters. The zero-order valence-corrected chi connectivity index (χ0v) is 15.1. The summed E-state index contributed by atoms with van der Waals surface area (Å²) in [6, 6.07) is 11.3. The predicted molar refractivity (Wildman–Crippen MR) is 106 cm³/mol. The molecule has 8 nitrogen and oxygen atoms in total. The van der Waals surface area contributed by atoms with Crippen molar-refractivity contribution in [1.29, 1.82) is 0 Å². The van der Waals surface area contributed by atoms with E-state index in [1.165, 1.54) is 12.1 Å². The Morgan fingerprint density at radius 1 is 1.31 bits per heavy atom. The third-order valence-electron chi connectivity index (χ3n) is 3.45. The molecule has 0 atom stereocenters. The van der Waals surface area contributed by atoms with Gasteiger partial charge in [-0.3, -0.25) is 15.5 Å². The molecule has 10 heteroatoms. The third kappa shape index (κ3) is 4.13. The fourth-order valence-electron chi connectivity index (χ4n) is 2.17. The molecule has 3 N–H and O–H groups in total. The van der Waals surface area contributed by atoms with Crippen molar-refractivity contribution in [2.24, 2.45) is 5.10 Å². The first kappa shape index (κ1) is 17.8. The van der Waals surface area contributed by atoms with Crippen molar-refractivity contribution in [3.8, 4) is 0 Å². The van der Waals surface area contributed by atoms with Gasteiger partial charge >= 0.3 is 0 Å². The maximum Gasteiger partial charge on any atom is 0.269 e. The minimum Gasteiger partial charge on any atom is -0.337 e. The SMILES string of the molecule is C/C(=N\NC(=S)Nc1ccc([N+](=O)[O-])cc1)c1nc2ccc(Cl)cc2[nH]1. The highest BCUT2D eigenvalue weighted by molar-refractivity contribution is 7.80. The van der Waals surface area contributed by atoms with Crippen LogP contribution < -0.4 is 10.7 Å². The lowest BCUT2D eigenvalue weighted by molar-refractivity contribution is -0.384. The van der Waals surface area contributed by atoms with Gasteiger partial charge in [0.15, 0.2) is 10.9 Å². The summed E-state index contributed by atoms with van der Waals surface area (Å²) >= 11 is 11.1. The monoisotopic (exact) mass is 388 g/mol. The Labute approximate surface area is 158 Å². The van der Waals surface area contributed by atoms with E-state index in [0.717, 1.165) is 11.0 Å². The maximum absolute atomic E-state index is 10.6. The molecule has 3 rings (SSSR count). The lowest BCUT2D eigenvalue weighted by Crippen LogP contribution is -2.25. The van der Waals surface area contributed by atoms with E-state index in [0.29, 0.717) is 22.2 Å². The molecular formula is C16H13ClN6O2S. The standard InChI is InChI=1S/C16H13ClN6O2S/c1-9(15-19-13-7-2-10(17)8-14(13)20-15)21-22-16(26)18-11-3-5-12(6-4-11)23(24)25/h2-8H,1H3,(H,19,20)(H2,18,22,26)/b21-9+. The Hall–Kier alpha value is -3.04. The van der Waals surface area contributed by atoms with Crippen molar-refractivity contribution in [1.82, 2.24) is 15.4 Å². The number of hydrazone groups is 1. The number of anilines is 1. The quantitative estimate of drug-likeness (QED) is 0.271. The lowest BCUT2D eigenvalue weighted by atomic mass is 10.3. The van der Waals surface area contributed by atoms with Crippen LogP contribution in [0.3, 0.4) is 0 Å². The number of aromatic nitrogens is 2. The summed E-state index contributed by atoms with van der Waals surface area (Å²) in [5.74, 6) is 0.591. The first-order chi connectivity index (χ1) is 12.4. The van der Waals surface area contributed by atoms with Crippen molar-refractivity contribution >= 4 is 57.1 Å². The first-order valence-corrected chi connectivity index (χ1v) is 8.22. The van der Waals surface area contributed by atoms with E-state index >= 15 is 0 Å². The number of rotatable bonds is 4. The highest BCUT2D eigenvalue weighted by Gasteiger charge is 2.07. The van der Waals surface area contributed by atoms with E-state index < -0.39 is 4.92 Å². The number of hydrogen-bond acceptors (Lipinski definition) is 5. The number of aromatic amines is 1. The lowest BCUT2D eigenvalue weighted by Gasteiger charge is -2.07. The molecule has 0 radical (unpaired) electrons. The van der Waals surface area contributed by atoms with E-state index in [1.807, 2.05) is 6.07 Å². The number of thiocarbonyl (C=S) groups is 1. The van der Waals surface area contributed by atoms with Gasteiger partial charge in [0, 0.05) is 22.8 Å². The average molecular weight is 389 g/mol. The molecule has 0 spiro atoms. The van der Waals surface area contributed by atoms with Gasteiger partial charge in [-0.25, -0.2) is 4.98 Å². The van der Waals surface area contributed by atoms with E-state index in [2.05, 4.69) is 25.8 Å². The van der Waals surface area contributed by atoms with Crippen LogP contribution in [0.15, 0.2) is 47.6 Å². The molecule has 1 aromatic heterocycles. The van der Waals surface area contributed by atoms with Crippen LogP contribution >= 0.6 is 23.8 Å². The van der Waals surface area contributed by atoms with Crippen LogP contribution in [0, 0.1) is 10.1 Å². The summed E-state index contributed by atoms with van der Waals surface area (Å²) in [7, 11) is 0. The summed E-state index contributed by atoms with van der Waals surface area (Å²) in [6.45, 7) is 1.78. The van der Waals surface area contributed by atoms with Gasteiger partial charge in [-0.15, -0.1) is 0 Å². The Balaban J connectivity index is 1.65. The van der Waals surface area contributed by atoms with Gasteiger partial charge in [-0.1, -0.05) is 11.6 Å². The number of nitro benzene ring substituents is 1. The molecule has 0 aliphatic rings. The smallest absolute Gasteiger partial charge is 0.269 e. The summed E-state index contributed by atoms with van der Waals surface area (Å²) in [5.41, 5.74) is 5.53. The second-order valence-corrected chi connectivity index (χ2v) is 6.16. The largest absolute Gasteiger partial charge is 0.337 e. The molecule has 0 amide bonds. The fourth-order valence-corrected chi connectivity index (χ4v) is 2.50. The zero-order valence-electron chi connectivity index (χ0n) is 13.5. The molecule has 0 aliphatic heterocycles. The molecule has 2 aromatic carbocycles. The minimum atomic E-state index is -0.464. The number of hydrogen-bond donors (Lipinski definition) is 3. The van der Waals surface area contributed by atoms with E-state index in [-0.39, 0.29) is 10.8 Å². The number of H-pyrrole nitrogens is 1. The molecule has 0 bridgehead atoms. The van der Waals surface area contributed by atoms with Crippen LogP contribution in [0.4, 0.5) is 11.4 Å². The van der Waals surface area contributed by atoms with Crippen LogP contribution in [0.2, 0.25) is 5.02 Å². The number of benzene rings is 2. The molecule has 0 aliphatic carbocycles. The van der Waals surface area contributed by atoms with Gasteiger partial charge in [0.1, 0.15) is 5.71 Å². The van der Waals surface area contributed by atoms with Crippen molar-refractivity contribution < 1.29 is 4.92 Å². The molecule has 0 saturated carbocycles. The Morgan fingerprint density at radius 3 is 2.73 bits per heavy atom. The number of fused-ring (bicyclic) bond motifs is 1. The molecule has 0 fully saturated rings. The summed E-state index contributed by atoms with van der Waals surface area (Å²) < 4.78 is 0. The molecule has 3 aromatic rings. The molecule has 0 saturated heterocycles. The van der Waals surface area contributed by atoms with Crippen LogP contribution in [0.5, 0.6) is 0 Å². The second kappa shape index (κ2) is 7.46. The minimum absolute atomic E-state index is 0.00767. The topological polar surface area (TPSA) is 108 Å². The predicted octanol–water partition coefficient (Wildman–Crippen LogP) is 3.84. The van der Waals surface area contributed by atoms with E-state index in [4.69, 9.17) is 23.8 Å². The number of nitro groups is 1. The first-order valence-electron chi connectivity index (χ1n) is 7.44. The molecule has 26 heavy (non-hydrogen) atoms. The fraction of sp³-hybridized carbons (Fsp3) is 0.0625. The molecule has 1 heterocycles. The second-order valence-electron chi connectivity index (χ2n) is 5.31. The van der Waals surface area contributed by atoms with E-state index in [1.54, 1.807) is 31.2 Å². The van der Waals surface area contributed by atoms with Crippen molar-refractivity contribution in [2.75, 3.05) is 5.32 Å². The van der Waals surface area contributed by atoms with Crippen molar-refractivity contribution in [3.63, 3.8) is 0 Å². The van der Waals surface area contributed by atoms with E-state index in [9.17, 15) is 10.1 Å². The maximum atomic E-state index is 10.6. The Morgan fingerprint density at radius 2 is 2.04 bits per heavy atom. The van der Waals surface area contributed by atoms with Gasteiger partial charge < -0.3 is 10.3 Å². The van der Waals surface area contributed by atoms with Gasteiger partial charge in [0.25, 0.3) is 5.69 Å². The van der Waals surface area contributed by atoms with Gasteiger partial charge in [-0.05, 0) is 49.5 Å². The zero-order chi connectivity index (χ0) is 18.7. The highest BCUT2D eigenvalue weighted by atomic mass is 35.5. The number of non-ortho nitro benzene ring substituents is 1. The number of imidazole rings is 1. The summed E-state index contributed by atoms with van der Waals surface area (Å²) in [5, 5.41) is 18.6. The normalized spacial score (nSPS) is 11.4. The number of halogens is 1.